The molecule has 0 aliphatic carbocycles. The Morgan fingerprint density at radius 3 is 1.28 bits per heavy atom. The largest absolute Gasteiger partial charge is 0.497 e. The van der Waals surface area contributed by atoms with Crippen LogP contribution in [0.2, 0.25) is 5.02 Å². The summed E-state index contributed by atoms with van der Waals surface area (Å²) < 4.78 is 149. The van der Waals surface area contributed by atoms with Gasteiger partial charge in [-0.2, -0.15) is 45.3 Å². The zero-order valence-corrected chi connectivity index (χ0v) is 57.8. The quantitative estimate of drug-likeness (QED) is 0.0719. The average Bonchev–Trinajstić information content (AvgIpc) is 1.65. The van der Waals surface area contributed by atoms with Gasteiger partial charge in [0.1, 0.15) is 66.5 Å². The van der Waals surface area contributed by atoms with E-state index in [1.165, 1.54) is 36.7 Å². The van der Waals surface area contributed by atoms with Gasteiger partial charge in [0.2, 0.25) is 0 Å². The summed E-state index contributed by atoms with van der Waals surface area (Å²) in [6.07, 6.45) is -1.01. The second kappa shape index (κ2) is 31.0. The van der Waals surface area contributed by atoms with Crippen molar-refractivity contribution in [3.05, 3.63) is 173 Å². The standard InChI is InChI=1S/C28H28F4N6O3.C24H24ClN5O2.C21H21F4N5O2/c1-39-21-4-2-18(3-5-21)15-38-23-7-11-34-26(35-19-8-12-40-13-9-19)24(23)25(36-38)22-14-20(6-10-33-22)37-16-27(29,30)41-28(31,32)17-37;1-31-19-4-2-16(3-5-19)15-30-21-7-11-27-24(28-18-8-12-32-13-9-18)22(21)23(29-30)20-14-17(25)6-10-26-20;22-20(23)11-30(12-21(24,25)32-20)15-2-6-26-16(9-15)18-17-13(10-28-18)1-5-27-19(17)29-14-3-7-31-8-4-14/h2-7,10-11,14,19H,8-9,12-13,15-17H2,1H3,(H,34,35);2-7,10-11,14,18H,8-9,12-13,15H2,1H3,(H,27,28);1-2,5-6,9,14H,3-4,7-8,10-12H2,(H,27,29). The summed E-state index contributed by atoms with van der Waals surface area (Å²) in [5.41, 5.74) is 9.17. The molecule has 14 heterocycles. The molecule has 6 aliphatic rings. The maximum atomic E-state index is 14.0. The summed E-state index contributed by atoms with van der Waals surface area (Å²) in [4.78, 5) is 33.5. The van der Waals surface area contributed by atoms with Crippen LogP contribution in [-0.4, -0.2) is 178 Å². The molecule has 0 radical (unpaired) electrons. The highest BCUT2D eigenvalue weighted by atomic mass is 35.5. The van der Waals surface area contributed by atoms with E-state index >= 15 is 0 Å². The lowest BCUT2D eigenvalue weighted by Gasteiger charge is -2.38. The molecule has 16 rings (SSSR count). The fourth-order valence-electron chi connectivity index (χ4n) is 13.4. The summed E-state index contributed by atoms with van der Waals surface area (Å²) in [6, 6.07) is 31.4. The number of methoxy groups -OCH3 is 2. The molecule has 550 valence electrons. The van der Waals surface area contributed by atoms with Crippen LogP contribution in [0.3, 0.4) is 0 Å². The number of aliphatic imine (C=N–C) groups is 1. The van der Waals surface area contributed by atoms with E-state index in [0.717, 1.165) is 129 Å². The molecule has 0 spiro atoms. The number of morpholine rings is 2. The van der Waals surface area contributed by atoms with Crippen LogP contribution in [0.1, 0.15) is 66.5 Å². The van der Waals surface area contributed by atoms with E-state index in [2.05, 4.69) is 60.3 Å². The van der Waals surface area contributed by atoms with Gasteiger partial charge in [-0.3, -0.25) is 38.8 Å². The predicted octanol–water partition coefficient (Wildman–Crippen LogP) is 13.4. The Kier molecular flexibility index (Phi) is 21.3. The number of ether oxygens (including phenoxy) is 7. The SMILES string of the molecule is COc1ccc(Cn2nc(-c3cc(Cl)ccn3)c3c(NC4CCOCC4)nccc32)cc1.COc1ccc(Cn2nc(-c3cc(N4CC(F)(F)OC(F)(F)C4)ccn3)c3c(NC4CCOCC4)nccc32)cc1.FC1(F)CN(c2ccnc(C3=NCc4ccnc(NC5CCOCC5)c43)c2)CC(F)(F)O1. The lowest BCUT2D eigenvalue weighted by molar-refractivity contribution is -0.381. The van der Waals surface area contributed by atoms with E-state index < -0.39 is 50.6 Å². The number of benzene rings is 2. The van der Waals surface area contributed by atoms with E-state index in [0.29, 0.717) is 96.9 Å². The zero-order chi connectivity index (χ0) is 72.9. The van der Waals surface area contributed by atoms with Crippen LogP contribution < -0.4 is 35.2 Å². The lowest BCUT2D eigenvalue weighted by atomic mass is 10.0. The molecule has 5 fully saturated rings. The van der Waals surface area contributed by atoms with E-state index in [1.807, 2.05) is 88.4 Å². The summed E-state index contributed by atoms with van der Waals surface area (Å²) in [5, 5.41) is 22.7. The Labute approximate surface area is 602 Å². The van der Waals surface area contributed by atoms with Crippen LogP contribution in [0, 0.1) is 0 Å². The number of rotatable bonds is 17. The van der Waals surface area contributed by atoms with Gasteiger partial charge in [0.05, 0.1) is 78.5 Å². The molecule has 23 nitrogen and oxygen atoms in total. The Bertz CT molecular complexity index is 4680. The molecular weight excluding hydrogens is 1400 g/mol. The Morgan fingerprint density at radius 2 is 0.838 bits per heavy atom. The highest BCUT2D eigenvalue weighted by molar-refractivity contribution is 6.30. The molecule has 5 saturated heterocycles. The van der Waals surface area contributed by atoms with Crippen molar-refractivity contribution >= 4 is 67.9 Å². The summed E-state index contributed by atoms with van der Waals surface area (Å²) in [7, 11) is 3.27. The Hall–Kier alpha value is -9.92. The van der Waals surface area contributed by atoms with Gasteiger partial charge in [-0.1, -0.05) is 35.9 Å². The van der Waals surface area contributed by atoms with Crippen molar-refractivity contribution in [3.8, 4) is 34.3 Å². The second-order valence-electron chi connectivity index (χ2n) is 25.9. The minimum atomic E-state index is -4.01. The summed E-state index contributed by atoms with van der Waals surface area (Å²) in [5.74, 6) is 3.64. The molecule has 0 bridgehead atoms. The van der Waals surface area contributed by atoms with Crippen molar-refractivity contribution in [1.29, 1.82) is 0 Å². The van der Waals surface area contributed by atoms with Gasteiger partial charge in [-0.25, -0.2) is 15.0 Å². The Balaban J connectivity index is 0.000000134. The van der Waals surface area contributed by atoms with E-state index in [-0.39, 0.29) is 23.5 Å². The molecule has 32 heteroatoms. The number of fused-ring (bicyclic) bond motifs is 3. The molecule has 6 aliphatic heterocycles. The van der Waals surface area contributed by atoms with Gasteiger partial charge in [0.15, 0.2) is 0 Å². The molecule has 0 saturated carbocycles. The number of nitrogens with zero attached hydrogens (tertiary/aromatic N) is 13. The van der Waals surface area contributed by atoms with Crippen molar-refractivity contribution < 1.29 is 68.3 Å². The fraction of sp³-hybridized carbons (Fsp3) is 0.384. The first-order valence-corrected chi connectivity index (χ1v) is 34.6. The van der Waals surface area contributed by atoms with Gasteiger partial charge in [-0.05, 0) is 134 Å². The first kappa shape index (κ1) is 72.0. The average molecular weight is 1470 g/mol. The molecule has 0 unspecified atom stereocenters. The predicted molar refractivity (Wildman–Crippen MR) is 377 cm³/mol. The highest BCUT2D eigenvalue weighted by Crippen LogP contribution is 2.41. The van der Waals surface area contributed by atoms with Crippen molar-refractivity contribution in [2.45, 2.75) is 101 Å². The van der Waals surface area contributed by atoms with Gasteiger partial charge in [0.25, 0.3) is 0 Å². The van der Waals surface area contributed by atoms with Crippen LogP contribution >= 0.6 is 11.6 Å². The molecular formula is C73H73ClF8N16O7. The molecule has 10 aromatic rings. The van der Waals surface area contributed by atoms with Crippen LogP contribution in [0.4, 0.5) is 64.0 Å². The van der Waals surface area contributed by atoms with Gasteiger partial charge >= 0.3 is 24.4 Å². The number of anilines is 5. The number of halogens is 9. The van der Waals surface area contributed by atoms with Crippen LogP contribution in [-0.2, 0) is 43.3 Å². The molecule has 8 aromatic heterocycles. The van der Waals surface area contributed by atoms with Gasteiger partial charge in [0, 0.05) is 117 Å². The Morgan fingerprint density at radius 1 is 0.457 bits per heavy atom. The number of aromatic nitrogens is 10. The van der Waals surface area contributed by atoms with Crippen molar-refractivity contribution in [2.24, 2.45) is 4.99 Å². The van der Waals surface area contributed by atoms with Crippen molar-refractivity contribution in [2.75, 3.05) is 106 Å². The van der Waals surface area contributed by atoms with Gasteiger partial charge in [-0.15, -0.1) is 0 Å². The molecule has 3 N–H and O–H groups in total. The maximum Gasteiger partial charge on any atom is 0.377 e. The summed E-state index contributed by atoms with van der Waals surface area (Å²) in [6.45, 7) is 1.59. The third kappa shape index (κ3) is 17.2. The van der Waals surface area contributed by atoms with Gasteiger partial charge < -0.3 is 49.4 Å². The van der Waals surface area contributed by atoms with Crippen LogP contribution in [0.5, 0.6) is 11.5 Å². The fourth-order valence-corrected chi connectivity index (χ4v) is 13.6. The lowest BCUT2D eigenvalue weighted by Crippen LogP contribution is -2.55. The maximum absolute atomic E-state index is 14.0. The number of pyridine rings is 6. The van der Waals surface area contributed by atoms with E-state index in [9.17, 15) is 35.1 Å². The first-order chi connectivity index (χ1) is 50.7. The molecule has 105 heavy (non-hydrogen) atoms. The van der Waals surface area contributed by atoms with Crippen molar-refractivity contribution in [1.82, 2.24) is 49.5 Å². The van der Waals surface area contributed by atoms with E-state index in [1.54, 1.807) is 38.9 Å². The third-order valence-electron chi connectivity index (χ3n) is 18.4. The molecule has 0 amide bonds. The monoisotopic (exact) mass is 1470 g/mol. The van der Waals surface area contributed by atoms with E-state index in [4.69, 9.17) is 45.5 Å². The highest BCUT2D eigenvalue weighted by Gasteiger charge is 2.53. The van der Waals surface area contributed by atoms with Crippen LogP contribution in [0.15, 0.2) is 145 Å². The third-order valence-corrected chi connectivity index (χ3v) is 18.7. The molecule has 0 atom stereocenters. The van der Waals surface area contributed by atoms with Crippen LogP contribution in [0.25, 0.3) is 44.6 Å². The minimum absolute atomic E-state index is 0.136. The summed E-state index contributed by atoms with van der Waals surface area (Å²) >= 11 is 6.27. The smallest absolute Gasteiger partial charge is 0.377 e. The second-order valence-corrected chi connectivity index (χ2v) is 26.3. The number of alkyl halides is 8. The van der Waals surface area contributed by atoms with Crippen molar-refractivity contribution in [3.63, 3.8) is 0 Å². The molecule has 2 aromatic carbocycles. The number of hydrogen-bond donors (Lipinski definition) is 3. The zero-order valence-electron chi connectivity index (χ0n) is 57.0. The topological polar surface area (TPSA) is 233 Å². The normalized spacial score (nSPS) is 18.6. The first-order valence-electron chi connectivity index (χ1n) is 34.2. The number of hydrogen-bond acceptors (Lipinski definition) is 21. The number of nitrogens with one attached hydrogen (secondary N) is 3. The minimum Gasteiger partial charge on any atom is -0.497 e.